The highest BCUT2D eigenvalue weighted by Gasteiger charge is 2.58. The molecule has 0 heterocycles. The van der Waals surface area contributed by atoms with Crippen LogP contribution in [0.3, 0.4) is 0 Å². The van der Waals surface area contributed by atoms with Crippen LogP contribution in [0.2, 0.25) is 0 Å². The second kappa shape index (κ2) is 3.21. The third-order valence-electron chi connectivity index (χ3n) is 4.76. The van der Waals surface area contributed by atoms with Gasteiger partial charge in [0.1, 0.15) is 0 Å². The van der Waals surface area contributed by atoms with Crippen LogP contribution in [-0.4, -0.2) is 19.1 Å². The van der Waals surface area contributed by atoms with Gasteiger partial charge in [0.05, 0.1) is 0 Å². The van der Waals surface area contributed by atoms with Crippen molar-refractivity contribution in [1.82, 2.24) is 5.32 Å². The molecule has 0 aromatic rings. The van der Waals surface area contributed by atoms with Crippen molar-refractivity contribution < 1.29 is 0 Å². The molecule has 2 heteroatoms. The van der Waals surface area contributed by atoms with Crippen LogP contribution in [0.15, 0.2) is 0 Å². The Balaban J connectivity index is 2.13. The first-order chi connectivity index (χ1) is 6.50. The van der Waals surface area contributed by atoms with Gasteiger partial charge in [-0.15, -0.1) is 0 Å². The Morgan fingerprint density at radius 2 is 2.07 bits per heavy atom. The second-order valence-electron chi connectivity index (χ2n) is 6.09. The van der Waals surface area contributed by atoms with E-state index in [9.17, 15) is 0 Å². The average molecular weight is 196 g/mol. The molecule has 1 unspecified atom stereocenters. The average Bonchev–Trinajstić information content (AvgIpc) is 2.55. The molecule has 14 heavy (non-hydrogen) atoms. The minimum absolute atomic E-state index is 0.474. The lowest BCUT2D eigenvalue weighted by Crippen LogP contribution is -2.51. The van der Waals surface area contributed by atoms with Gasteiger partial charge in [-0.05, 0) is 36.0 Å². The summed E-state index contributed by atoms with van der Waals surface area (Å²) in [5, 5.41) is 3.67. The Hall–Kier alpha value is -0.0800. The van der Waals surface area contributed by atoms with Gasteiger partial charge in [0.15, 0.2) is 0 Å². The lowest BCUT2D eigenvalue weighted by molar-refractivity contribution is 0.110. The molecular formula is C12H24N2. The number of nitrogens with two attached hydrogens (primary N) is 1. The molecule has 2 fully saturated rings. The predicted octanol–water partition coefficient (Wildman–Crippen LogP) is 1.75. The molecule has 2 saturated carbocycles. The fourth-order valence-electron chi connectivity index (χ4n) is 4.04. The molecule has 0 amide bonds. The Kier molecular flexibility index (Phi) is 2.39. The van der Waals surface area contributed by atoms with Gasteiger partial charge in [0, 0.05) is 19.1 Å². The number of hydrogen-bond donors (Lipinski definition) is 2. The number of fused-ring (bicyclic) bond motifs is 2. The second-order valence-corrected chi connectivity index (χ2v) is 6.09. The highest BCUT2D eigenvalue weighted by molar-refractivity contribution is 5.11. The van der Waals surface area contributed by atoms with E-state index in [1.807, 2.05) is 0 Å². The highest BCUT2D eigenvalue weighted by Crippen LogP contribution is 2.62. The zero-order valence-corrected chi connectivity index (χ0v) is 9.77. The number of hydrogen-bond acceptors (Lipinski definition) is 2. The molecule has 2 rings (SSSR count). The van der Waals surface area contributed by atoms with Crippen LogP contribution in [0, 0.1) is 16.7 Å². The molecule has 0 aliphatic heterocycles. The largest absolute Gasteiger partial charge is 0.329 e. The topological polar surface area (TPSA) is 38.0 Å². The van der Waals surface area contributed by atoms with Crippen LogP contribution >= 0.6 is 0 Å². The van der Waals surface area contributed by atoms with E-state index in [1.165, 1.54) is 19.3 Å². The van der Waals surface area contributed by atoms with Gasteiger partial charge >= 0.3 is 0 Å². The minimum atomic E-state index is 0.474. The molecule has 0 spiro atoms. The number of rotatable bonds is 3. The molecule has 3 N–H and O–H groups in total. The summed E-state index contributed by atoms with van der Waals surface area (Å²) in [6.45, 7) is 9.03. The van der Waals surface area contributed by atoms with Gasteiger partial charge < -0.3 is 11.1 Å². The molecule has 0 aromatic carbocycles. The zero-order valence-electron chi connectivity index (χ0n) is 9.77. The first-order valence-electron chi connectivity index (χ1n) is 5.94. The van der Waals surface area contributed by atoms with Crippen LogP contribution in [-0.2, 0) is 0 Å². The Labute approximate surface area is 87.6 Å². The van der Waals surface area contributed by atoms with Crippen LogP contribution in [0.25, 0.3) is 0 Å². The van der Waals surface area contributed by atoms with E-state index in [-0.39, 0.29) is 0 Å². The van der Waals surface area contributed by atoms with Crippen molar-refractivity contribution in [3.63, 3.8) is 0 Å². The van der Waals surface area contributed by atoms with E-state index < -0.39 is 0 Å². The zero-order chi connectivity index (χ0) is 10.4. The molecule has 0 aromatic heterocycles. The third-order valence-corrected chi connectivity index (χ3v) is 4.76. The first kappa shape index (κ1) is 10.4. The van der Waals surface area contributed by atoms with E-state index in [2.05, 4.69) is 26.1 Å². The molecule has 0 radical (unpaired) electrons. The maximum atomic E-state index is 5.57. The van der Waals surface area contributed by atoms with Crippen LogP contribution in [0.4, 0.5) is 0 Å². The van der Waals surface area contributed by atoms with Crippen molar-refractivity contribution in [3.8, 4) is 0 Å². The van der Waals surface area contributed by atoms with E-state index in [0.717, 1.165) is 19.0 Å². The predicted molar refractivity (Wildman–Crippen MR) is 60.1 cm³/mol. The SMILES string of the molecule is CC1(C)C(NCCN)[C@]2(C)CC[C@H]1C2. The Morgan fingerprint density at radius 3 is 2.57 bits per heavy atom. The lowest BCUT2D eigenvalue weighted by atomic mass is 9.68. The molecule has 82 valence electrons. The third kappa shape index (κ3) is 1.31. The fourth-order valence-corrected chi connectivity index (χ4v) is 4.04. The molecule has 3 atom stereocenters. The molecule has 2 nitrogen and oxygen atoms in total. The van der Waals surface area contributed by atoms with Crippen molar-refractivity contribution in [2.45, 2.75) is 46.1 Å². The summed E-state index contributed by atoms with van der Waals surface area (Å²) in [5.41, 5.74) is 6.59. The maximum Gasteiger partial charge on any atom is 0.0175 e. The highest BCUT2D eigenvalue weighted by atomic mass is 15.0. The van der Waals surface area contributed by atoms with Gasteiger partial charge in [-0.2, -0.15) is 0 Å². The van der Waals surface area contributed by atoms with E-state index in [4.69, 9.17) is 5.73 Å². The standard InChI is InChI=1S/C12H24N2/c1-11(2)9-4-5-12(3,8-9)10(11)14-7-6-13/h9-10,14H,4-8,13H2,1-3H3/t9-,10?,12+/m0/s1. The van der Waals surface area contributed by atoms with Crippen LogP contribution < -0.4 is 11.1 Å². The van der Waals surface area contributed by atoms with Crippen molar-refractivity contribution in [1.29, 1.82) is 0 Å². The van der Waals surface area contributed by atoms with Crippen molar-refractivity contribution in [2.75, 3.05) is 13.1 Å². The van der Waals surface area contributed by atoms with Crippen molar-refractivity contribution >= 4 is 0 Å². The summed E-state index contributed by atoms with van der Waals surface area (Å²) in [4.78, 5) is 0. The Morgan fingerprint density at radius 1 is 1.36 bits per heavy atom. The molecule has 2 aliphatic carbocycles. The monoisotopic (exact) mass is 196 g/mol. The summed E-state index contributed by atoms with van der Waals surface area (Å²) in [6.07, 6.45) is 4.26. The molecule has 0 saturated heterocycles. The van der Waals surface area contributed by atoms with E-state index in [0.29, 0.717) is 16.9 Å². The van der Waals surface area contributed by atoms with Gasteiger partial charge in [-0.1, -0.05) is 20.8 Å². The van der Waals surface area contributed by atoms with Gasteiger partial charge in [-0.3, -0.25) is 0 Å². The smallest absolute Gasteiger partial charge is 0.0175 e. The molecule has 2 aliphatic rings. The molecular weight excluding hydrogens is 172 g/mol. The molecule has 2 bridgehead atoms. The van der Waals surface area contributed by atoms with Crippen molar-refractivity contribution in [2.24, 2.45) is 22.5 Å². The van der Waals surface area contributed by atoms with Gasteiger partial charge in [0.25, 0.3) is 0 Å². The number of nitrogens with one attached hydrogen (secondary N) is 1. The minimum Gasteiger partial charge on any atom is -0.329 e. The van der Waals surface area contributed by atoms with E-state index >= 15 is 0 Å². The van der Waals surface area contributed by atoms with Crippen LogP contribution in [0.5, 0.6) is 0 Å². The lowest BCUT2D eigenvalue weighted by Gasteiger charge is -2.43. The summed E-state index contributed by atoms with van der Waals surface area (Å²) in [5.74, 6) is 0.933. The Bertz CT molecular complexity index is 220. The first-order valence-corrected chi connectivity index (χ1v) is 5.94. The normalized spacial score (nSPS) is 44.6. The maximum absolute atomic E-state index is 5.57. The van der Waals surface area contributed by atoms with Crippen LogP contribution in [0.1, 0.15) is 40.0 Å². The van der Waals surface area contributed by atoms with Gasteiger partial charge in [-0.25, -0.2) is 0 Å². The summed E-state index contributed by atoms with van der Waals surface area (Å²) < 4.78 is 0. The van der Waals surface area contributed by atoms with Crippen molar-refractivity contribution in [3.05, 3.63) is 0 Å². The fraction of sp³-hybridized carbons (Fsp3) is 1.00. The van der Waals surface area contributed by atoms with E-state index in [1.54, 1.807) is 0 Å². The summed E-state index contributed by atoms with van der Waals surface area (Å²) in [7, 11) is 0. The van der Waals surface area contributed by atoms with Gasteiger partial charge in [0.2, 0.25) is 0 Å². The quantitative estimate of drug-likeness (QED) is 0.721. The summed E-state index contributed by atoms with van der Waals surface area (Å²) >= 11 is 0. The summed E-state index contributed by atoms with van der Waals surface area (Å²) in [6, 6.07) is 0.678.